The molecule has 2 fully saturated rings. The smallest absolute Gasteiger partial charge is 0.286 e. The molecule has 4 rings (SSSR count). The molecule has 10 heteroatoms. The van der Waals surface area contributed by atoms with E-state index in [2.05, 4.69) is 20.8 Å². The van der Waals surface area contributed by atoms with Crippen molar-refractivity contribution in [3.63, 3.8) is 0 Å². The van der Waals surface area contributed by atoms with Gasteiger partial charge in [-0.3, -0.25) is 14.4 Å². The highest BCUT2D eigenvalue weighted by atomic mass is 32.1. The van der Waals surface area contributed by atoms with E-state index in [1.54, 1.807) is 36.3 Å². The molecular weight excluding hydrogens is 406 g/mol. The van der Waals surface area contributed by atoms with Gasteiger partial charge in [0.05, 0.1) is 13.0 Å². The Morgan fingerprint density at radius 1 is 1.10 bits per heavy atom. The zero-order chi connectivity index (χ0) is 21.1. The highest BCUT2D eigenvalue weighted by Gasteiger charge is 2.33. The lowest BCUT2D eigenvalue weighted by Crippen LogP contribution is -2.45. The van der Waals surface area contributed by atoms with Crippen molar-refractivity contribution in [2.45, 2.75) is 31.7 Å². The van der Waals surface area contributed by atoms with Gasteiger partial charge in [0.2, 0.25) is 15.9 Å². The first-order valence-electron chi connectivity index (χ1n) is 9.92. The molecule has 1 atom stereocenters. The summed E-state index contributed by atoms with van der Waals surface area (Å²) in [4.78, 5) is 39.2. The summed E-state index contributed by atoms with van der Waals surface area (Å²) in [6.45, 7) is 0.934. The van der Waals surface area contributed by atoms with Crippen LogP contribution in [-0.4, -0.2) is 59.1 Å². The van der Waals surface area contributed by atoms with Gasteiger partial charge in [0.25, 0.3) is 11.8 Å². The molecule has 1 saturated heterocycles. The first-order chi connectivity index (χ1) is 14.5. The maximum absolute atomic E-state index is 12.8. The maximum atomic E-state index is 12.8. The molecule has 1 aliphatic carbocycles. The number of aromatic nitrogens is 2. The molecule has 3 amide bonds. The number of carbonyl (C=O) groups is 3. The highest BCUT2D eigenvalue weighted by molar-refractivity contribution is 7.15. The van der Waals surface area contributed by atoms with Crippen molar-refractivity contribution in [2.75, 3.05) is 25.5 Å². The number of methoxy groups -OCH3 is 1. The second-order valence-corrected chi connectivity index (χ2v) is 8.45. The number of rotatable bonds is 6. The quantitative estimate of drug-likeness (QED) is 0.725. The zero-order valence-electron chi connectivity index (χ0n) is 16.6. The van der Waals surface area contributed by atoms with Crippen LogP contribution < -0.4 is 15.4 Å². The standard InChI is InChI=1S/C20H23N5O4S/c1-29-15-8-6-14(7-9-15)22-17(27)18-23-24-19(30-18)20(28)25-10-2-3-12(11-25)16(26)21-13-4-5-13/h6-9,12-13H,2-5,10-11H2,1H3,(H,21,26)(H,22,27)/t12-/m1/s1. The largest absolute Gasteiger partial charge is 0.497 e. The molecule has 0 radical (unpaired) electrons. The highest BCUT2D eigenvalue weighted by Crippen LogP contribution is 2.24. The third-order valence-electron chi connectivity index (χ3n) is 5.15. The van der Waals surface area contributed by atoms with Gasteiger partial charge in [-0.1, -0.05) is 11.3 Å². The molecule has 0 spiro atoms. The van der Waals surface area contributed by atoms with Crippen LogP contribution in [0.5, 0.6) is 5.75 Å². The molecule has 2 aromatic rings. The summed E-state index contributed by atoms with van der Waals surface area (Å²) in [5.41, 5.74) is 0.587. The average molecular weight is 430 g/mol. The number of hydrogen-bond donors (Lipinski definition) is 2. The molecule has 1 saturated carbocycles. The first kappa shape index (κ1) is 20.3. The molecule has 2 aliphatic rings. The summed E-state index contributed by atoms with van der Waals surface area (Å²) in [5, 5.41) is 13.8. The summed E-state index contributed by atoms with van der Waals surface area (Å²) < 4.78 is 5.09. The Kier molecular flexibility index (Phi) is 5.93. The van der Waals surface area contributed by atoms with Crippen LogP contribution in [0.15, 0.2) is 24.3 Å². The number of nitrogens with one attached hydrogen (secondary N) is 2. The first-order valence-corrected chi connectivity index (χ1v) is 10.7. The van der Waals surface area contributed by atoms with Crippen molar-refractivity contribution in [2.24, 2.45) is 5.92 Å². The Hall–Kier alpha value is -3.01. The van der Waals surface area contributed by atoms with Crippen molar-refractivity contribution in [1.29, 1.82) is 0 Å². The van der Waals surface area contributed by atoms with E-state index < -0.39 is 5.91 Å². The molecule has 2 heterocycles. The molecule has 1 aromatic heterocycles. The lowest BCUT2D eigenvalue weighted by atomic mass is 9.97. The predicted molar refractivity (Wildman–Crippen MR) is 111 cm³/mol. The number of nitrogens with zero attached hydrogens (tertiary/aromatic N) is 3. The van der Waals surface area contributed by atoms with Crippen LogP contribution in [0.25, 0.3) is 0 Å². The van der Waals surface area contributed by atoms with Gasteiger partial charge in [0.15, 0.2) is 0 Å². The van der Waals surface area contributed by atoms with Gasteiger partial charge in [-0.2, -0.15) is 0 Å². The van der Waals surface area contributed by atoms with Gasteiger partial charge in [-0.25, -0.2) is 0 Å². The Labute approximate surface area is 177 Å². The van der Waals surface area contributed by atoms with E-state index in [0.717, 1.165) is 37.0 Å². The third-order valence-corrected chi connectivity index (χ3v) is 6.06. The summed E-state index contributed by atoms with van der Waals surface area (Å²) in [6, 6.07) is 7.20. The van der Waals surface area contributed by atoms with Crippen molar-refractivity contribution in [3.05, 3.63) is 34.3 Å². The lowest BCUT2D eigenvalue weighted by molar-refractivity contribution is -0.126. The second kappa shape index (κ2) is 8.78. The van der Waals surface area contributed by atoms with Gasteiger partial charge in [-0.15, -0.1) is 10.2 Å². The normalized spacial score (nSPS) is 18.6. The van der Waals surface area contributed by atoms with Crippen LogP contribution in [0, 0.1) is 5.92 Å². The third kappa shape index (κ3) is 4.76. The summed E-state index contributed by atoms with van der Waals surface area (Å²) in [7, 11) is 1.57. The Morgan fingerprint density at radius 2 is 1.83 bits per heavy atom. The fourth-order valence-corrected chi connectivity index (χ4v) is 4.02. The fraction of sp³-hybridized carbons (Fsp3) is 0.450. The van der Waals surface area contributed by atoms with Crippen LogP contribution in [0.1, 0.15) is 45.3 Å². The molecule has 9 nitrogen and oxygen atoms in total. The minimum Gasteiger partial charge on any atom is -0.497 e. The van der Waals surface area contributed by atoms with Crippen molar-refractivity contribution in [1.82, 2.24) is 20.4 Å². The number of anilines is 1. The van der Waals surface area contributed by atoms with Crippen LogP contribution in [0.2, 0.25) is 0 Å². The number of piperidine rings is 1. The van der Waals surface area contributed by atoms with E-state index in [0.29, 0.717) is 30.6 Å². The second-order valence-electron chi connectivity index (χ2n) is 7.47. The van der Waals surface area contributed by atoms with Gasteiger partial charge < -0.3 is 20.3 Å². The Balaban J connectivity index is 1.36. The topological polar surface area (TPSA) is 114 Å². The minimum atomic E-state index is -0.433. The lowest BCUT2D eigenvalue weighted by Gasteiger charge is -2.31. The van der Waals surface area contributed by atoms with E-state index in [1.165, 1.54) is 0 Å². The van der Waals surface area contributed by atoms with Gasteiger partial charge >= 0.3 is 0 Å². The van der Waals surface area contributed by atoms with Crippen molar-refractivity contribution < 1.29 is 19.1 Å². The van der Waals surface area contributed by atoms with Crippen molar-refractivity contribution in [3.8, 4) is 5.75 Å². The number of likely N-dealkylation sites (tertiary alicyclic amines) is 1. The SMILES string of the molecule is COc1ccc(NC(=O)c2nnc(C(=O)N3CCC[C@@H](C(=O)NC4CC4)C3)s2)cc1. The monoisotopic (exact) mass is 429 g/mol. The van der Waals surface area contributed by atoms with Crippen LogP contribution in [0.3, 0.4) is 0 Å². The average Bonchev–Trinajstić information content (AvgIpc) is 3.45. The molecule has 1 aliphatic heterocycles. The number of ether oxygens (including phenoxy) is 1. The maximum Gasteiger partial charge on any atom is 0.286 e. The fourth-order valence-electron chi connectivity index (χ4n) is 3.32. The van der Waals surface area contributed by atoms with Gasteiger partial charge in [0, 0.05) is 24.8 Å². The molecule has 30 heavy (non-hydrogen) atoms. The van der Waals surface area contributed by atoms with Crippen molar-refractivity contribution >= 4 is 34.7 Å². The molecule has 0 unspecified atom stereocenters. The van der Waals surface area contributed by atoms with Crippen LogP contribution in [-0.2, 0) is 4.79 Å². The van der Waals surface area contributed by atoms with E-state index in [4.69, 9.17) is 4.74 Å². The Bertz CT molecular complexity index is 941. The van der Waals surface area contributed by atoms with E-state index >= 15 is 0 Å². The molecule has 1 aromatic carbocycles. The molecule has 158 valence electrons. The molecular formula is C20H23N5O4S. The summed E-state index contributed by atoms with van der Waals surface area (Å²) in [6.07, 6.45) is 3.60. The molecule has 2 N–H and O–H groups in total. The van der Waals surface area contributed by atoms with E-state index in [1.807, 2.05) is 0 Å². The summed E-state index contributed by atoms with van der Waals surface area (Å²) >= 11 is 0.949. The number of carbonyl (C=O) groups excluding carboxylic acids is 3. The zero-order valence-corrected chi connectivity index (χ0v) is 17.4. The number of hydrogen-bond acceptors (Lipinski definition) is 7. The van der Waals surface area contributed by atoms with Crippen LogP contribution >= 0.6 is 11.3 Å². The van der Waals surface area contributed by atoms with Gasteiger partial charge in [-0.05, 0) is 49.9 Å². The predicted octanol–water partition coefficient (Wildman–Crippen LogP) is 1.93. The number of benzene rings is 1. The van der Waals surface area contributed by atoms with Crippen LogP contribution in [0.4, 0.5) is 5.69 Å². The van der Waals surface area contributed by atoms with E-state index in [-0.39, 0.29) is 27.7 Å². The summed E-state index contributed by atoms with van der Waals surface area (Å²) in [5.74, 6) is -0.222. The molecule has 0 bridgehead atoms. The minimum absolute atomic E-state index is 0.0202. The van der Waals surface area contributed by atoms with Gasteiger partial charge in [0.1, 0.15) is 5.75 Å². The Morgan fingerprint density at radius 3 is 2.53 bits per heavy atom. The number of amides is 3. The van der Waals surface area contributed by atoms with E-state index in [9.17, 15) is 14.4 Å².